The van der Waals surface area contributed by atoms with Crippen molar-refractivity contribution in [1.82, 2.24) is 14.3 Å². The van der Waals surface area contributed by atoms with Crippen molar-refractivity contribution in [2.24, 2.45) is 0 Å². The summed E-state index contributed by atoms with van der Waals surface area (Å²) in [6.45, 7) is 4.68. The van der Waals surface area contributed by atoms with E-state index in [2.05, 4.69) is 32.6 Å². The quantitative estimate of drug-likeness (QED) is 0.770. The van der Waals surface area contributed by atoms with E-state index in [0.717, 1.165) is 32.5 Å². The first kappa shape index (κ1) is 14.0. The summed E-state index contributed by atoms with van der Waals surface area (Å²) in [6.07, 6.45) is 1.80. The van der Waals surface area contributed by atoms with Gasteiger partial charge in [0.25, 0.3) is 0 Å². The lowest BCUT2D eigenvalue weighted by Crippen LogP contribution is -2.03. The van der Waals surface area contributed by atoms with E-state index in [-0.39, 0.29) is 0 Å². The first-order valence-corrected chi connectivity index (χ1v) is 8.12. The van der Waals surface area contributed by atoms with Gasteiger partial charge in [0.2, 0.25) is 0 Å². The molecular formula is C14H15N5S2. The van der Waals surface area contributed by atoms with Gasteiger partial charge in [0, 0.05) is 11.6 Å². The van der Waals surface area contributed by atoms with Gasteiger partial charge in [0.15, 0.2) is 0 Å². The van der Waals surface area contributed by atoms with Gasteiger partial charge in [-0.3, -0.25) is 4.98 Å². The highest BCUT2D eigenvalue weighted by Crippen LogP contribution is 2.37. The molecule has 3 aromatic heterocycles. The predicted octanol–water partition coefficient (Wildman–Crippen LogP) is 3.47. The number of aromatic nitrogens is 3. The molecule has 0 saturated carbocycles. The molecule has 0 aliphatic carbocycles. The summed E-state index contributed by atoms with van der Waals surface area (Å²) in [4.78, 5) is 8.88. The van der Waals surface area contributed by atoms with Crippen LogP contribution in [0.25, 0.3) is 11.3 Å². The summed E-state index contributed by atoms with van der Waals surface area (Å²) in [5.74, 6) is 0.519. The number of pyridine rings is 1. The zero-order valence-corrected chi connectivity index (χ0v) is 13.4. The molecule has 0 fully saturated rings. The van der Waals surface area contributed by atoms with Gasteiger partial charge in [-0.05, 0) is 37.0 Å². The Labute approximate surface area is 131 Å². The van der Waals surface area contributed by atoms with E-state index in [4.69, 9.17) is 5.73 Å². The first-order chi connectivity index (χ1) is 10.1. The molecule has 0 saturated heterocycles. The van der Waals surface area contributed by atoms with Crippen molar-refractivity contribution in [3.05, 3.63) is 40.0 Å². The number of aryl methyl sites for hydroxylation is 2. The van der Waals surface area contributed by atoms with Crippen molar-refractivity contribution >= 4 is 33.7 Å². The first-order valence-electron chi connectivity index (χ1n) is 6.47. The number of anilines is 2. The van der Waals surface area contributed by atoms with Gasteiger partial charge < -0.3 is 11.1 Å². The van der Waals surface area contributed by atoms with Crippen LogP contribution in [0.15, 0.2) is 23.7 Å². The van der Waals surface area contributed by atoms with E-state index in [9.17, 15) is 0 Å². The SMILES string of the molecule is Cc1nc(-c2c(N)nsc2NCc2ncccc2C)cs1. The molecule has 0 atom stereocenters. The molecule has 0 radical (unpaired) electrons. The third-order valence-electron chi connectivity index (χ3n) is 3.13. The maximum Gasteiger partial charge on any atom is 0.148 e. The minimum atomic E-state index is 0.519. The molecule has 0 aliphatic rings. The van der Waals surface area contributed by atoms with E-state index < -0.39 is 0 Å². The highest BCUT2D eigenvalue weighted by molar-refractivity contribution is 7.11. The van der Waals surface area contributed by atoms with E-state index in [0.29, 0.717) is 12.4 Å². The minimum absolute atomic E-state index is 0.519. The van der Waals surface area contributed by atoms with Crippen LogP contribution in [0.1, 0.15) is 16.3 Å². The molecule has 3 aromatic rings. The Morgan fingerprint density at radius 1 is 1.33 bits per heavy atom. The third-order valence-corrected chi connectivity index (χ3v) is 4.72. The smallest absolute Gasteiger partial charge is 0.148 e. The maximum atomic E-state index is 5.99. The molecule has 108 valence electrons. The Morgan fingerprint density at radius 3 is 2.90 bits per heavy atom. The maximum absolute atomic E-state index is 5.99. The van der Waals surface area contributed by atoms with Crippen LogP contribution in [0.4, 0.5) is 10.8 Å². The highest BCUT2D eigenvalue weighted by atomic mass is 32.1. The molecule has 3 heterocycles. The van der Waals surface area contributed by atoms with Gasteiger partial charge >= 0.3 is 0 Å². The van der Waals surface area contributed by atoms with Crippen molar-refractivity contribution < 1.29 is 0 Å². The van der Waals surface area contributed by atoms with Crippen LogP contribution < -0.4 is 11.1 Å². The highest BCUT2D eigenvalue weighted by Gasteiger charge is 2.16. The van der Waals surface area contributed by atoms with Gasteiger partial charge in [-0.1, -0.05) is 6.07 Å². The molecule has 21 heavy (non-hydrogen) atoms. The average Bonchev–Trinajstić information content (AvgIpc) is 3.04. The number of hydrogen-bond donors (Lipinski definition) is 2. The molecule has 3 rings (SSSR count). The fraction of sp³-hybridized carbons (Fsp3) is 0.214. The molecule has 0 amide bonds. The monoisotopic (exact) mass is 317 g/mol. The fourth-order valence-corrected chi connectivity index (χ4v) is 3.34. The van der Waals surface area contributed by atoms with Crippen LogP contribution in [0, 0.1) is 13.8 Å². The summed E-state index contributed by atoms with van der Waals surface area (Å²) in [5, 5.41) is 7.33. The Morgan fingerprint density at radius 2 is 2.19 bits per heavy atom. The van der Waals surface area contributed by atoms with Crippen molar-refractivity contribution in [3.8, 4) is 11.3 Å². The van der Waals surface area contributed by atoms with Gasteiger partial charge in [0.1, 0.15) is 10.8 Å². The Kier molecular flexibility index (Phi) is 3.85. The molecule has 0 spiro atoms. The molecule has 0 aromatic carbocycles. The minimum Gasteiger partial charge on any atom is -0.382 e. The molecule has 3 N–H and O–H groups in total. The summed E-state index contributed by atoms with van der Waals surface area (Å²) >= 11 is 2.96. The number of nitrogens with zero attached hydrogens (tertiary/aromatic N) is 3. The van der Waals surface area contributed by atoms with Crippen LogP contribution in [0.5, 0.6) is 0 Å². The number of nitrogen functional groups attached to an aromatic ring is 1. The topological polar surface area (TPSA) is 76.7 Å². The molecule has 7 heteroatoms. The molecule has 0 aliphatic heterocycles. The van der Waals surface area contributed by atoms with Crippen molar-refractivity contribution in [1.29, 1.82) is 0 Å². The normalized spacial score (nSPS) is 10.8. The largest absolute Gasteiger partial charge is 0.382 e. The van der Waals surface area contributed by atoms with Crippen LogP contribution in [0.3, 0.4) is 0 Å². The summed E-state index contributed by atoms with van der Waals surface area (Å²) in [5.41, 5.74) is 9.93. The lowest BCUT2D eigenvalue weighted by molar-refractivity contribution is 1.02. The van der Waals surface area contributed by atoms with Crippen molar-refractivity contribution in [2.45, 2.75) is 20.4 Å². The predicted molar refractivity (Wildman–Crippen MR) is 88.7 cm³/mol. The van der Waals surface area contributed by atoms with E-state index in [1.807, 2.05) is 18.4 Å². The van der Waals surface area contributed by atoms with E-state index >= 15 is 0 Å². The van der Waals surface area contributed by atoms with Crippen LogP contribution >= 0.6 is 22.9 Å². The summed E-state index contributed by atoms with van der Waals surface area (Å²) in [7, 11) is 0. The van der Waals surface area contributed by atoms with Crippen LogP contribution in [-0.2, 0) is 6.54 Å². The third kappa shape index (κ3) is 2.88. The Bertz CT molecular complexity index is 762. The summed E-state index contributed by atoms with van der Waals surface area (Å²) < 4.78 is 4.24. The lowest BCUT2D eigenvalue weighted by Gasteiger charge is -2.07. The van der Waals surface area contributed by atoms with Gasteiger partial charge in [0.05, 0.1) is 28.5 Å². The van der Waals surface area contributed by atoms with Crippen LogP contribution in [-0.4, -0.2) is 14.3 Å². The Hall–Kier alpha value is -1.99. The van der Waals surface area contributed by atoms with Gasteiger partial charge in [-0.2, -0.15) is 4.37 Å². The second-order valence-corrected chi connectivity index (χ2v) is 6.48. The standard InChI is InChI=1S/C14H15N5S2/c1-8-4-3-5-16-10(8)6-17-14-12(13(15)19-21-14)11-7-20-9(2)18-11/h3-5,7,17H,6H2,1-2H3,(H2,15,19). The second-order valence-electron chi connectivity index (χ2n) is 4.64. The zero-order valence-electron chi connectivity index (χ0n) is 11.8. The molecular weight excluding hydrogens is 302 g/mol. The van der Waals surface area contributed by atoms with Crippen molar-refractivity contribution in [3.63, 3.8) is 0 Å². The number of thiazole rings is 1. The number of rotatable bonds is 4. The van der Waals surface area contributed by atoms with Crippen LogP contribution in [0.2, 0.25) is 0 Å². The summed E-state index contributed by atoms with van der Waals surface area (Å²) in [6, 6.07) is 3.99. The van der Waals surface area contributed by atoms with E-state index in [1.54, 1.807) is 17.5 Å². The number of nitrogens with one attached hydrogen (secondary N) is 1. The molecule has 0 bridgehead atoms. The van der Waals surface area contributed by atoms with Gasteiger partial charge in [-0.15, -0.1) is 11.3 Å². The average molecular weight is 317 g/mol. The number of nitrogens with two attached hydrogens (primary N) is 1. The van der Waals surface area contributed by atoms with E-state index in [1.165, 1.54) is 11.5 Å². The molecule has 5 nitrogen and oxygen atoms in total. The number of hydrogen-bond acceptors (Lipinski definition) is 7. The van der Waals surface area contributed by atoms with Gasteiger partial charge in [-0.25, -0.2) is 4.98 Å². The van der Waals surface area contributed by atoms with Crippen molar-refractivity contribution in [2.75, 3.05) is 11.1 Å². The molecule has 0 unspecified atom stereocenters. The second kappa shape index (κ2) is 5.79. The Balaban J connectivity index is 1.85. The lowest BCUT2D eigenvalue weighted by atomic mass is 10.2. The fourth-order valence-electron chi connectivity index (χ4n) is 2.02. The zero-order chi connectivity index (χ0) is 14.8.